The van der Waals surface area contributed by atoms with Crippen LogP contribution in [0.5, 0.6) is 0 Å². The van der Waals surface area contributed by atoms with E-state index in [0.29, 0.717) is 17.3 Å². The molecule has 0 bridgehead atoms. The van der Waals surface area contributed by atoms with Crippen LogP contribution in [-0.4, -0.2) is 63.8 Å². The van der Waals surface area contributed by atoms with Gasteiger partial charge in [0, 0.05) is 0 Å². The lowest BCUT2D eigenvalue weighted by atomic mass is 9.47. The van der Waals surface area contributed by atoms with E-state index in [2.05, 4.69) is 32.6 Å². The van der Waals surface area contributed by atoms with Gasteiger partial charge in [-0.25, -0.2) is 0 Å². The maximum absolute atomic E-state index is 10.4. The Kier molecular flexibility index (Phi) is 6.33. The van der Waals surface area contributed by atoms with Crippen LogP contribution in [0.1, 0.15) is 65.2 Å². The van der Waals surface area contributed by atoms with Crippen molar-refractivity contribution in [3.05, 3.63) is 24.3 Å². The molecule has 0 spiro atoms. The Morgan fingerprint density at radius 2 is 1.85 bits per heavy atom. The van der Waals surface area contributed by atoms with Crippen molar-refractivity contribution >= 4 is 0 Å². The SMILES string of the molecule is C=CC1CCC2C3CC=C4CC(OC5OC(CO)C(O)C(O)C5O)CCC4(C)C3CCC12C. The molecule has 12 atom stereocenters. The molecular formula is C27H42O6. The van der Waals surface area contributed by atoms with Crippen molar-refractivity contribution in [2.24, 2.45) is 34.5 Å². The monoisotopic (exact) mass is 462 g/mol. The number of hydrogen-bond donors (Lipinski definition) is 4. The van der Waals surface area contributed by atoms with Crippen molar-refractivity contribution in [2.45, 2.75) is 102 Å². The molecule has 3 saturated carbocycles. The quantitative estimate of drug-likeness (QED) is 0.480. The lowest BCUT2D eigenvalue weighted by molar-refractivity contribution is -0.313. The molecular weight excluding hydrogens is 420 g/mol. The summed E-state index contributed by atoms with van der Waals surface area (Å²) in [5.41, 5.74) is 2.09. The molecule has 6 heteroatoms. The smallest absolute Gasteiger partial charge is 0.186 e. The molecule has 1 saturated heterocycles. The molecule has 1 aliphatic heterocycles. The summed E-state index contributed by atoms with van der Waals surface area (Å²) in [7, 11) is 0. The van der Waals surface area contributed by atoms with Gasteiger partial charge in [-0.2, -0.15) is 0 Å². The molecule has 4 aliphatic carbocycles. The third-order valence-electron chi connectivity index (χ3n) is 10.6. The Labute approximate surface area is 197 Å². The highest BCUT2D eigenvalue weighted by molar-refractivity contribution is 5.25. The van der Waals surface area contributed by atoms with E-state index in [1.807, 2.05) is 0 Å². The molecule has 12 unspecified atom stereocenters. The van der Waals surface area contributed by atoms with Crippen molar-refractivity contribution in [1.82, 2.24) is 0 Å². The standard InChI is InChI=1S/C27H42O6/c1-4-15-6-8-19-18-7-5-16-13-17(9-11-27(16,3)20(18)10-12-26(15,19)2)32-25-24(31)23(30)22(29)21(14-28)33-25/h4-5,15,17-25,28-31H,1,6-14H2,2-3H3. The number of fused-ring (bicyclic) bond motifs is 5. The molecule has 1 heterocycles. The van der Waals surface area contributed by atoms with E-state index in [4.69, 9.17) is 9.47 Å². The third kappa shape index (κ3) is 3.68. The fraction of sp³-hybridized carbons (Fsp3) is 0.852. The van der Waals surface area contributed by atoms with E-state index >= 15 is 0 Å². The Balaban J connectivity index is 1.29. The van der Waals surface area contributed by atoms with Crippen molar-refractivity contribution in [1.29, 1.82) is 0 Å². The van der Waals surface area contributed by atoms with Crippen molar-refractivity contribution in [3.8, 4) is 0 Å². The second kappa shape index (κ2) is 8.72. The fourth-order valence-corrected chi connectivity index (χ4v) is 8.54. The molecule has 5 aliphatic rings. The van der Waals surface area contributed by atoms with Crippen LogP contribution >= 0.6 is 0 Å². The molecule has 4 N–H and O–H groups in total. The van der Waals surface area contributed by atoms with Crippen LogP contribution in [0, 0.1) is 34.5 Å². The molecule has 0 aromatic rings. The van der Waals surface area contributed by atoms with Gasteiger partial charge in [-0.05, 0) is 85.9 Å². The van der Waals surface area contributed by atoms with Crippen molar-refractivity contribution in [2.75, 3.05) is 6.61 Å². The summed E-state index contributed by atoms with van der Waals surface area (Å²) >= 11 is 0. The summed E-state index contributed by atoms with van der Waals surface area (Å²) in [5, 5.41) is 40.0. The van der Waals surface area contributed by atoms with E-state index < -0.39 is 37.3 Å². The first-order chi connectivity index (χ1) is 15.7. The van der Waals surface area contributed by atoms with Crippen LogP contribution in [0.3, 0.4) is 0 Å². The predicted molar refractivity (Wildman–Crippen MR) is 124 cm³/mol. The fourth-order valence-electron chi connectivity index (χ4n) is 8.54. The Morgan fingerprint density at radius 1 is 1.06 bits per heavy atom. The zero-order valence-electron chi connectivity index (χ0n) is 20.1. The van der Waals surface area contributed by atoms with Gasteiger partial charge in [-0.3, -0.25) is 0 Å². The highest BCUT2D eigenvalue weighted by atomic mass is 16.7. The number of aliphatic hydroxyl groups excluding tert-OH is 4. The summed E-state index contributed by atoms with van der Waals surface area (Å²) in [5.74, 6) is 2.92. The first-order valence-corrected chi connectivity index (χ1v) is 13.0. The van der Waals surface area contributed by atoms with E-state index in [9.17, 15) is 20.4 Å². The van der Waals surface area contributed by atoms with Gasteiger partial charge in [-0.15, -0.1) is 6.58 Å². The van der Waals surface area contributed by atoms with Gasteiger partial charge in [0.1, 0.15) is 24.4 Å². The number of ether oxygens (including phenoxy) is 2. The summed E-state index contributed by atoms with van der Waals surface area (Å²) in [6.07, 6.45) is 7.62. The Hall–Kier alpha value is -0.760. The zero-order valence-corrected chi connectivity index (χ0v) is 20.1. The third-order valence-corrected chi connectivity index (χ3v) is 10.6. The maximum Gasteiger partial charge on any atom is 0.186 e. The zero-order chi connectivity index (χ0) is 23.5. The largest absolute Gasteiger partial charge is 0.394 e. The minimum atomic E-state index is -1.40. The summed E-state index contributed by atoms with van der Waals surface area (Å²) in [6.45, 7) is 8.68. The minimum Gasteiger partial charge on any atom is -0.394 e. The average molecular weight is 463 g/mol. The van der Waals surface area contributed by atoms with Crippen LogP contribution in [0.2, 0.25) is 0 Å². The second-order valence-corrected chi connectivity index (χ2v) is 11.9. The topological polar surface area (TPSA) is 99.4 Å². The summed E-state index contributed by atoms with van der Waals surface area (Å²) < 4.78 is 11.7. The average Bonchev–Trinajstić information content (AvgIpc) is 3.16. The molecule has 0 amide bonds. The molecule has 6 nitrogen and oxygen atoms in total. The van der Waals surface area contributed by atoms with E-state index in [0.717, 1.165) is 37.5 Å². The summed E-state index contributed by atoms with van der Waals surface area (Å²) in [4.78, 5) is 0. The molecule has 186 valence electrons. The van der Waals surface area contributed by atoms with E-state index in [1.165, 1.54) is 31.3 Å². The molecule has 5 rings (SSSR count). The molecule has 0 aromatic heterocycles. The van der Waals surface area contributed by atoms with Gasteiger partial charge in [-0.1, -0.05) is 31.6 Å². The highest BCUT2D eigenvalue weighted by Crippen LogP contribution is 2.66. The molecule has 0 aromatic carbocycles. The lowest BCUT2D eigenvalue weighted by Crippen LogP contribution is -2.60. The second-order valence-electron chi connectivity index (χ2n) is 11.9. The minimum absolute atomic E-state index is 0.104. The number of hydrogen-bond acceptors (Lipinski definition) is 6. The van der Waals surface area contributed by atoms with Gasteiger partial charge in [0.15, 0.2) is 6.29 Å². The van der Waals surface area contributed by atoms with Crippen LogP contribution < -0.4 is 0 Å². The van der Waals surface area contributed by atoms with Gasteiger partial charge >= 0.3 is 0 Å². The Morgan fingerprint density at radius 3 is 2.58 bits per heavy atom. The highest BCUT2D eigenvalue weighted by Gasteiger charge is 2.58. The van der Waals surface area contributed by atoms with E-state index in [1.54, 1.807) is 0 Å². The lowest BCUT2D eigenvalue weighted by Gasteiger charge is -2.58. The Bertz CT molecular complexity index is 781. The number of allylic oxidation sites excluding steroid dienone is 2. The molecule has 4 fully saturated rings. The first-order valence-electron chi connectivity index (χ1n) is 13.0. The van der Waals surface area contributed by atoms with E-state index in [-0.39, 0.29) is 11.5 Å². The summed E-state index contributed by atoms with van der Waals surface area (Å²) in [6, 6.07) is 0. The predicted octanol–water partition coefficient (Wildman–Crippen LogP) is 2.94. The maximum atomic E-state index is 10.4. The van der Waals surface area contributed by atoms with Gasteiger partial charge in [0.2, 0.25) is 0 Å². The van der Waals surface area contributed by atoms with Crippen molar-refractivity contribution in [3.63, 3.8) is 0 Å². The molecule has 33 heavy (non-hydrogen) atoms. The van der Waals surface area contributed by atoms with Crippen molar-refractivity contribution < 1.29 is 29.9 Å². The van der Waals surface area contributed by atoms with Crippen LogP contribution in [0.4, 0.5) is 0 Å². The normalized spacial score (nSPS) is 54.1. The van der Waals surface area contributed by atoms with Gasteiger partial charge in [0.25, 0.3) is 0 Å². The van der Waals surface area contributed by atoms with Crippen LogP contribution in [-0.2, 0) is 9.47 Å². The van der Waals surface area contributed by atoms with Gasteiger partial charge in [0.05, 0.1) is 12.7 Å². The van der Waals surface area contributed by atoms with Crippen LogP contribution in [0.15, 0.2) is 24.3 Å². The first kappa shape index (κ1) is 24.0. The number of aliphatic hydroxyl groups is 4. The number of rotatable bonds is 4. The molecule has 0 radical (unpaired) electrons. The van der Waals surface area contributed by atoms with Crippen LogP contribution in [0.25, 0.3) is 0 Å². The van der Waals surface area contributed by atoms with Gasteiger partial charge < -0.3 is 29.9 Å².